The standard InChI is InChI=1S/C12H9BrClFN2O2S/c1-6-4-17(12(16-6)20-5-10(18)19)11-8(13)2-7(15)3-9(11)14/h2-4H,5H2,1H3,(H,18,19). The summed E-state index contributed by atoms with van der Waals surface area (Å²) in [5.74, 6) is -1.51. The van der Waals surface area contributed by atoms with Gasteiger partial charge in [0.1, 0.15) is 5.82 Å². The van der Waals surface area contributed by atoms with Crippen molar-refractivity contribution in [1.82, 2.24) is 9.55 Å². The van der Waals surface area contributed by atoms with Crippen LogP contribution in [0.25, 0.3) is 5.69 Å². The molecule has 4 nitrogen and oxygen atoms in total. The highest BCUT2D eigenvalue weighted by Crippen LogP contribution is 2.33. The van der Waals surface area contributed by atoms with Gasteiger partial charge in [0.05, 0.1) is 22.2 Å². The Bertz CT molecular complexity index is 654. The van der Waals surface area contributed by atoms with Crippen molar-refractivity contribution in [3.8, 4) is 5.69 Å². The monoisotopic (exact) mass is 378 g/mol. The molecular weight excluding hydrogens is 371 g/mol. The van der Waals surface area contributed by atoms with Crippen molar-refractivity contribution in [3.05, 3.63) is 39.3 Å². The molecule has 0 spiro atoms. The second-order valence-electron chi connectivity index (χ2n) is 3.94. The highest BCUT2D eigenvalue weighted by molar-refractivity contribution is 9.10. The van der Waals surface area contributed by atoms with E-state index in [1.54, 1.807) is 17.7 Å². The lowest BCUT2D eigenvalue weighted by Crippen LogP contribution is -2.02. The molecule has 1 heterocycles. The largest absolute Gasteiger partial charge is 0.481 e. The molecule has 1 N–H and O–H groups in total. The predicted molar refractivity (Wildman–Crippen MR) is 79.3 cm³/mol. The van der Waals surface area contributed by atoms with E-state index in [0.717, 1.165) is 11.8 Å². The smallest absolute Gasteiger partial charge is 0.313 e. The van der Waals surface area contributed by atoms with Crippen LogP contribution in [0, 0.1) is 12.7 Å². The zero-order valence-electron chi connectivity index (χ0n) is 10.2. The Labute approximate surface area is 132 Å². The zero-order valence-corrected chi connectivity index (χ0v) is 13.4. The lowest BCUT2D eigenvalue weighted by molar-refractivity contribution is -0.133. The number of nitrogens with zero attached hydrogens (tertiary/aromatic N) is 2. The Morgan fingerprint density at radius 3 is 2.90 bits per heavy atom. The van der Waals surface area contributed by atoms with Gasteiger partial charge in [0, 0.05) is 10.7 Å². The van der Waals surface area contributed by atoms with E-state index < -0.39 is 11.8 Å². The molecule has 0 saturated carbocycles. The summed E-state index contributed by atoms with van der Waals surface area (Å²) in [7, 11) is 0. The van der Waals surface area contributed by atoms with E-state index in [-0.39, 0.29) is 10.8 Å². The van der Waals surface area contributed by atoms with Gasteiger partial charge in [-0.1, -0.05) is 23.4 Å². The minimum absolute atomic E-state index is 0.118. The molecule has 106 valence electrons. The van der Waals surface area contributed by atoms with Gasteiger partial charge in [-0.3, -0.25) is 9.36 Å². The van der Waals surface area contributed by atoms with E-state index in [0.29, 0.717) is 21.0 Å². The topological polar surface area (TPSA) is 55.1 Å². The summed E-state index contributed by atoms with van der Waals surface area (Å²) in [4.78, 5) is 14.9. The van der Waals surface area contributed by atoms with Crippen molar-refractivity contribution in [2.75, 3.05) is 5.75 Å². The van der Waals surface area contributed by atoms with Crippen molar-refractivity contribution < 1.29 is 14.3 Å². The Morgan fingerprint density at radius 2 is 2.30 bits per heavy atom. The molecule has 1 aromatic carbocycles. The SMILES string of the molecule is Cc1cn(-c2c(Cl)cc(F)cc2Br)c(SCC(=O)O)n1. The summed E-state index contributed by atoms with van der Waals surface area (Å²) in [6.07, 6.45) is 1.72. The molecular formula is C12H9BrClFN2O2S. The lowest BCUT2D eigenvalue weighted by atomic mass is 10.3. The maximum atomic E-state index is 13.3. The molecule has 1 aromatic heterocycles. The third-order valence-electron chi connectivity index (χ3n) is 2.34. The van der Waals surface area contributed by atoms with Gasteiger partial charge in [0.15, 0.2) is 5.16 Å². The van der Waals surface area contributed by atoms with E-state index >= 15 is 0 Å². The van der Waals surface area contributed by atoms with Gasteiger partial charge in [-0.2, -0.15) is 0 Å². The van der Waals surface area contributed by atoms with Gasteiger partial charge in [0.2, 0.25) is 0 Å². The summed E-state index contributed by atoms with van der Waals surface area (Å²) >= 11 is 10.4. The van der Waals surface area contributed by atoms with E-state index in [2.05, 4.69) is 20.9 Å². The summed E-state index contributed by atoms with van der Waals surface area (Å²) in [6.45, 7) is 1.78. The van der Waals surface area contributed by atoms with Crippen LogP contribution >= 0.6 is 39.3 Å². The Kier molecular flexibility index (Phi) is 4.72. The molecule has 0 radical (unpaired) electrons. The number of aromatic nitrogens is 2. The molecule has 0 bridgehead atoms. The highest BCUT2D eigenvalue weighted by atomic mass is 79.9. The number of imidazole rings is 1. The minimum atomic E-state index is -0.938. The van der Waals surface area contributed by atoms with Gasteiger partial charge in [-0.25, -0.2) is 9.37 Å². The second kappa shape index (κ2) is 6.15. The fourth-order valence-electron chi connectivity index (χ4n) is 1.63. The third-order valence-corrected chi connectivity index (χ3v) is 4.17. The molecule has 0 unspecified atom stereocenters. The van der Waals surface area contributed by atoms with Crippen molar-refractivity contribution in [2.24, 2.45) is 0 Å². The molecule has 0 fully saturated rings. The predicted octanol–water partition coefficient (Wildman–Crippen LogP) is 3.91. The van der Waals surface area contributed by atoms with Crippen LogP contribution in [-0.2, 0) is 4.79 Å². The number of hydrogen-bond acceptors (Lipinski definition) is 3. The van der Waals surface area contributed by atoms with E-state index in [1.807, 2.05) is 0 Å². The summed E-state index contributed by atoms with van der Waals surface area (Å²) in [5, 5.41) is 9.45. The first-order chi connectivity index (χ1) is 9.38. The Morgan fingerprint density at radius 1 is 1.60 bits per heavy atom. The first-order valence-corrected chi connectivity index (χ1v) is 7.59. The van der Waals surface area contributed by atoms with E-state index in [4.69, 9.17) is 16.7 Å². The molecule has 20 heavy (non-hydrogen) atoms. The van der Waals surface area contributed by atoms with Gasteiger partial charge in [-0.05, 0) is 35.0 Å². The number of carboxylic acids is 1. The van der Waals surface area contributed by atoms with Crippen LogP contribution < -0.4 is 0 Å². The number of aliphatic carboxylic acids is 1. The van der Waals surface area contributed by atoms with Crippen molar-refractivity contribution in [3.63, 3.8) is 0 Å². The molecule has 0 amide bonds. The number of benzene rings is 1. The van der Waals surface area contributed by atoms with Crippen LogP contribution in [0.3, 0.4) is 0 Å². The Hall–Kier alpha value is -1.05. The van der Waals surface area contributed by atoms with Crippen LogP contribution in [0.5, 0.6) is 0 Å². The highest BCUT2D eigenvalue weighted by Gasteiger charge is 2.16. The van der Waals surface area contributed by atoms with E-state index in [9.17, 15) is 9.18 Å². The fourth-order valence-corrected chi connectivity index (χ4v) is 3.41. The number of thioether (sulfide) groups is 1. The van der Waals surface area contributed by atoms with Crippen LogP contribution in [0.2, 0.25) is 5.02 Å². The Balaban J connectivity index is 2.50. The van der Waals surface area contributed by atoms with Crippen LogP contribution in [0.4, 0.5) is 4.39 Å². The quantitative estimate of drug-likeness (QED) is 0.818. The van der Waals surface area contributed by atoms with E-state index in [1.165, 1.54) is 12.1 Å². The molecule has 0 aliphatic carbocycles. The lowest BCUT2D eigenvalue weighted by Gasteiger charge is -2.11. The van der Waals surface area contributed by atoms with Gasteiger partial charge < -0.3 is 5.11 Å². The summed E-state index contributed by atoms with van der Waals surface area (Å²) < 4.78 is 15.4. The second-order valence-corrected chi connectivity index (χ2v) is 6.14. The van der Waals surface area contributed by atoms with Gasteiger partial charge in [-0.15, -0.1) is 0 Å². The third kappa shape index (κ3) is 3.34. The number of rotatable bonds is 4. The maximum Gasteiger partial charge on any atom is 0.313 e. The molecule has 0 aliphatic rings. The number of hydrogen-bond donors (Lipinski definition) is 1. The molecule has 8 heteroatoms. The summed E-state index contributed by atoms with van der Waals surface area (Å²) in [6, 6.07) is 2.49. The van der Waals surface area contributed by atoms with Crippen LogP contribution in [-0.4, -0.2) is 26.4 Å². The normalized spacial score (nSPS) is 10.8. The first kappa shape index (κ1) is 15.3. The molecule has 2 rings (SSSR count). The number of halogens is 3. The van der Waals surface area contributed by atoms with Crippen molar-refractivity contribution in [2.45, 2.75) is 12.1 Å². The fraction of sp³-hybridized carbons (Fsp3) is 0.167. The number of carboxylic acid groups (broad SMARTS) is 1. The van der Waals surface area contributed by atoms with Crippen molar-refractivity contribution >= 4 is 45.3 Å². The number of aryl methyl sites for hydroxylation is 1. The molecule has 0 aliphatic heterocycles. The van der Waals surface area contributed by atoms with Crippen molar-refractivity contribution in [1.29, 1.82) is 0 Å². The van der Waals surface area contributed by atoms with Crippen LogP contribution in [0.1, 0.15) is 5.69 Å². The minimum Gasteiger partial charge on any atom is -0.481 e. The molecule has 2 aromatic rings. The first-order valence-electron chi connectivity index (χ1n) is 5.44. The molecule has 0 atom stereocenters. The number of carbonyl (C=O) groups is 1. The van der Waals surface area contributed by atoms with Crippen LogP contribution in [0.15, 0.2) is 28.0 Å². The average Bonchev–Trinajstić information content (AvgIpc) is 2.66. The maximum absolute atomic E-state index is 13.3. The summed E-state index contributed by atoms with van der Waals surface area (Å²) in [5.41, 5.74) is 1.24. The van der Waals surface area contributed by atoms with Gasteiger partial charge >= 0.3 is 5.97 Å². The van der Waals surface area contributed by atoms with Gasteiger partial charge in [0.25, 0.3) is 0 Å². The average molecular weight is 380 g/mol. The zero-order chi connectivity index (χ0) is 14.9. The molecule has 0 saturated heterocycles.